The van der Waals surface area contributed by atoms with E-state index in [4.69, 9.17) is 18.9 Å². The molecule has 0 amide bonds. The predicted octanol–water partition coefficient (Wildman–Crippen LogP) is 5.73. The monoisotopic (exact) mass is 436 g/mol. The normalized spacial score (nSPS) is 12.2. The molecule has 3 aromatic rings. The van der Waals surface area contributed by atoms with Crippen molar-refractivity contribution in [3.8, 4) is 34.3 Å². The van der Waals surface area contributed by atoms with Gasteiger partial charge < -0.3 is 18.9 Å². The summed E-state index contributed by atoms with van der Waals surface area (Å²) in [6.45, 7) is 3.85. The first kappa shape index (κ1) is 22.3. The van der Waals surface area contributed by atoms with Crippen LogP contribution < -0.4 is 23.5 Å². The van der Waals surface area contributed by atoms with Gasteiger partial charge in [0.2, 0.25) is 5.69 Å². The van der Waals surface area contributed by atoms with Crippen molar-refractivity contribution in [1.29, 1.82) is 0 Å². The second-order valence-electron chi connectivity index (χ2n) is 8.33. The minimum absolute atomic E-state index is 0.709. The van der Waals surface area contributed by atoms with E-state index in [2.05, 4.69) is 42.0 Å². The molecule has 0 aliphatic carbocycles. The lowest BCUT2D eigenvalue weighted by Gasteiger charge is -2.19. The molecule has 0 radical (unpaired) electrons. The molecule has 0 atom stereocenters. The molecule has 0 unspecified atom stereocenters. The van der Waals surface area contributed by atoms with Crippen LogP contribution in [0.4, 0.5) is 0 Å². The first-order valence-electron chi connectivity index (χ1n) is 11.6. The molecule has 0 spiro atoms. The molecular formula is C27H34NO4+. The fourth-order valence-corrected chi connectivity index (χ4v) is 4.52. The van der Waals surface area contributed by atoms with Gasteiger partial charge in [0.25, 0.3) is 0 Å². The van der Waals surface area contributed by atoms with Gasteiger partial charge >= 0.3 is 0 Å². The van der Waals surface area contributed by atoms with Crippen molar-refractivity contribution in [3.05, 3.63) is 42.1 Å². The number of aromatic nitrogens is 1. The topological polar surface area (TPSA) is 40.8 Å². The van der Waals surface area contributed by atoms with E-state index in [9.17, 15) is 0 Å². The zero-order valence-corrected chi connectivity index (χ0v) is 19.7. The molecule has 0 saturated heterocycles. The summed E-state index contributed by atoms with van der Waals surface area (Å²) in [4.78, 5) is 0. The van der Waals surface area contributed by atoms with Gasteiger partial charge in [-0.25, -0.2) is 0 Å². The second kappa shape index (κ2) is 10.1. The van der Waals surface area contributed by atoms with Crippen LogP contribution in [0.3, 0.4) is 0 Å². The maximum absolute atomic E-state index is 6.27. The Labute approximate surface area is 190 Å². The van der Waals surface area contributed by atoms with Gasteiger partial charge in [-0.1, -0.05) is 32.6 Å². The quantitative estimate of drug-likeness (QED) is 0.301. The number of nitrogens with zero attached hydrogens (tertiary/aromatic N) is 1. The first-order valence-corrected chi connectivity index (χ1v) is 11.6. The number of hydrogen-bond acceptors (Lipinski definition) is 4. The number of fused-ring (bicyclic) bond motifs is 4. The van der Waals surface area contributed by atoms with Crippen molar-refractivity contribution in [2.24, 2.45) is 0 Å². The van der Waals surface area contributed by atoms with E-state index in [0.29, 0.717) is 6.61 Å². The van der Waals surface area contributed by atoms with Crippen LogP contribution >= 0.6 is 0 Å². The SMILES string of the molecule is CCCCCCCOc1c(OC)ccc2cc3[n+](cc12)CCc1cc(OC)c(OC)cc1-3. The lowest BCUT2D eigenvalue weighted by atomic mass is 9.95. The molecule has 1 aliphatic heterocycles. The van der Waals surface area contributed by atoms with Gasteiger partial charge in [0.15, 0.2) is 35.7 Å². The summed E-state index contributed by atoms with van der Waals surface area (Å²) in [5.74, 6) is 3.16. The molecule has 1 aliphatic rings. The van der Waals surface area contributed by atoms with Crippen LogP contribution in [0, 0.1) is 0 Å². The Balaban J connectivity index is 1.70. The summed E-state index contributed by atoms with van der Waals surface area (Å²) in [6.07, 6.45) is 9.22. The van der Waals surface area contributed by atoms with Crippen molar-refractivity contribution in [3.63, 3.8) is 0 Å². The first-order chi connectivity index (χ1) is 15.7. The summed E-state index contributed by atoms with van der Waals surface area (Å²) in [7, 11) is 5.07. The molecule has 0 saturated carbocycles. The Morgan fingerprint density at radius 2 is 1.59 bits per heavy atom. The highest BCUT2D eigenvalue weighted by atomic mass is 16.5. The van der Waals surface area contributed by atoms with Crippen LogP contribution in [-0.2, 0) is 13.0 Å². The van der Waals surface area contributed by atoms with Crippen LogP contribution in [-0.4, -0.2) is 27.9 Å². The number of pyridine rings is 1. The number of aryl methyl sites for hydroxylation is 2. The fraction of sp³-hybridized carbons (Fsp3) is 0.444. The van der Waals surface area contributed by atoms with E-state index < -0.39 is 0 Å². The highest BCUT2D eigenvalue weighted by Gasteiger charge is 2.27. The lowest BCUT2D eigenvalue weighted by molar-refractivity contribution is -0.686. The van der Waals surface area contributed by atoms with Crippen LogP contribution in [0.5, 0.6) is 23.0 Å². The Morgan fingerprint density at radius 1 is 0.844 bits per heavy atom. The second-order valence-corrected chi connectivity index (χ2v) is 8.33. The molecule has 2 heterocycles. The summed E-state index contributed by atoms with van der Waals surface area (Å²) >= 11 is 0. The summed E-state index contributed by atoms with van der Waals surface area (Å²) in [5, 5.41) is 2.23. The molecule has 4 rings (SSSR count). The van der Waals surface area contributed by atoms with Gasteiger partial charge in [0.1, 0.15) is 0 Å². The average Bonchev–Trinajstić information content (AvgIpc) is 2.83. The van der Waals surface area contributed by atoms with Gasteiger partial charge in [-0.15, -0.1) is 0 Å². The standard InChI is InChI=1S/C27H34NO4/c1-5-6-7-8-9-14-32-27-22-18-28-13-12-20-16-25(30-3)26(31-4)17-21(20)23(28)15-19(22)10-11-24(27)29-2/h10-11,15-18H,5-9,12-14H2,1-4H3/q+1. The third kappa shape index (κ3) is 4.34. The number of unbranched alkanes of at least 4 members (excludes halogenated alkanes) is 4. The van der Waals surface area contributed by atoms with E-state index in [-0.39, 0.29) is 0 Å². The number of benzene rings is 2. The Morgan fingerprint density at radius 3 is 2.34 bits per heavy atom. The van der Waals surface area contributed by atoms with Gasteiger partial charge in [-0.05, 0) is 41.6 Å². The van der Waals surface area contributed by atoms with Gasteiger partial charge in [-0.2, -0.15) is 4.57 Å². The van der Waals surface area contributed by atoms with E-state index in [0.717, 1.165) is 53.2 Å². The average molecular weight is 437 g/mol. The fourth-order valence-electron chi connectivity index (χ4n) is 4.52. The van der Waals surface area contributed by atoms with Gasteiger partial charge in [0.05, 0.1) is 38.9 Å². The van der Waals surface area contributed by atoms with Crippen LogP contribution in [0.15, 0.2) is 36.5 Å². The third-order valence-corrected chi connectivity index (χ3v) is 6.30. The van der Waals surface area contributed by atoms with E-state index in [1.54, 1.807) is 21.3 Å². The third-order valence-electron chi connectivity index (χ3n) is 6.30. The molecule has 5 nitrogen and oxygen atoms in total. The lowest BCUT2D eigenvalue weighted by Crippen LogP contribution is -2.40. The van der Waals surface area contributed by atoms with Crippen molar-refractivity contribution in [2.75, 3.05) is 27.9 Å². The molecule has 2 aromatic carbocycles. The molecular weight excluding hydrogens is 402 g/mol. The summed E-state index contributed by atoms with van der Waals surface area (Å²) in [5.41, 5.74) is 3.64. The summed E-state index contributed by atoms with van der Waals surface area (Å²) < 4.78 is 25.3. The number of hydrogen-bond donors (Lipinski definition) is 0. The van der Waals surface area contributed by atoms with Crippen LogP contribution in [0.25, 0.3) is 22.0 Å². The van der Waals surface area contributed by atoms with Crippen molar-refractivity contribution in [2.45, 2.75) is 52.0 Å². The Hall–Kier alpha value is -2.95. The minimum Gasteiger partial charge on any atom is -0.493 e. The highest BCUT2D eigenvalue weighted by molar-refractivity contribution is 5.91. The Kier molecular flexibility index (Phi) is 7.03. The van der Waals surface area contributed by atoms with Crippen molar-refractivity contribution < 1.29 is 23.5 Å². The molecule has 32 heavy (non-hydrogen) atoms. The Bertz CT molecular complexity index is 1090. The number of ether oxygens (including phenoxy) is 4. The molecule has 0 N–H and O–H groups in total. The van der Waals surface area contributed by atoms with E-state index >= 15 is 0 Å². The van der Waals surface area contributed by atoms with E-state index in [1.807, 2.05) is 6.07 Å². The van der Waals surface area contributed by atoms with Crippen molar-refractivity contribution >= 4 is 10.8 Å². The van der Waals surface area contributed by atoms with E-state index in [1.165, 1.54) is 42.5 Å². The largest absolute Gasteiger partial charge is 0.493 e. The minimum atomic E-state index is 0.709. The van der Waals surface area contributed by atoms with Crippen LogP contribution in [0.2, 0.25) is 0 Å². The number of rotatable bonds is 10. The van der Waals surface area contributed by atoms with Gasteiger partial charge in [-0.3, -0.25) is 0 Å². The molecule has 170 valence electrons. The zero-order chi connectivity index (χ0) is 22.5. The summed E-state index contributed by atoms with van der Waals surface area (Å²) in [6, 6.07) is 10.5. The maximum atomic E-state index is 6.27. The van der Waals surface area contributed by atoms with Crippen LogP contribution in [0.1, 0.15) is 44.6 Å². The predicted molar refractivity (Wildman–Crippen MR) is 127 cm³/mol. The highest BCUT2D eigenvalue weighted by Crippen LogP contribution is 2.40. The molecule has 0 fully saturated rings. The van der Waals surface area contributed by atoms with Crippen molar-refractivity contribution in [1.82, 2.24) is 0 Å². The maximum Gasteiger partial charge on any atom is 0.213 e. The molecule has 0 bridgehead atoms. The van der Waals surface area contributed by atoms with Gasteiger partial charge in [0, 0.05) is 12.5 Å². The molecule has 5 heteroatoms. The zero-order valence-electron chi connectivity index (χ0n) is 19.7. The molecule has 1 aromatic heterocycles. The number of methoxy groups -OCH3 is 3. The smallest absolute Gasteiger partial charge is 0.213 e.